The summed E-state index contributed by atoms with van der Waals surface area (Å²) >= 11 is 0. The van der Waals surface area contributed by atoms with E-state index in [-0.39, 0.29) is 29.9 Å². The van der Waals surface area contributed by atoms with E-state index in [4.69, 9.17) is 0 Å². The number of carbonyl (C=O) groups excluding carboxylic acids is 1. The number of rotatable bonds is 6. The third-order valence-corrected chi connectivity index (χ3v) is 3.13. The highest BCUT2D eigenvalue weighted by Crippen LogP contribution is 2.06. The molecule has 2 N–H and O–H groups in total. The molecular formula is C17H27IN4O. The van der Waals surface area contributed by atoms with Crippen molar-refractivity contribution in [3.05, 3.63) is 47.5 Å². The number of amides is 1. The van der Waals surface area contributed by atoms with E-state index in [1.807, 2.05) is 37.3 Å². The fraction of sp³-hybridized carbons (Fsp3) is 0.412. The number of nitrogens with zero attached hydrogens (tertiary/aromatic N) is 2. The first-order valence-electron chi connectivity index (χ1n) is 7.44. The van der Waals surface area contributed by atoms with Gasteiger partial charge in [-0.25, -0.2) is 0 Å². The molecule has 0 aromatic heterocycles. The molecule has 1 rings (SSSR count). The minimum Gasteiger partial charge on any atom is -0.356 e. The molecular weight excluding hydrogens is 403 g/mol. The summed E-state index contributed by atoms with van der Waals surface area (Å²) in [6, 6.07) is 7.61. The number of hydrogen-bond acceptors (Lipinski definition) is 2. The number of allylic oxidation sites excluding steroid dienone is 1. The van der Waals surface area contributed by atoms with Crippen LogP contribution in [-0.4, -0.2) is 44.5 Å². The molecule has 0 saturated heterocycles. The maximum atomic E-state index is 11.8. The lowest BCUT2D eigenvalue weighted by Gasteiger charge is -2.12. The van der Waals surface area contributed by atoms with Gasteiger partial charge in [0.05, 0.1) is 0 Å². The third-order valence-electron chi connectivity index (χ3n) is 3.13. The minimum atomic E-state index is 0. The number of carbonyl (C=O) groups is 1. The standard InChI is InChI=1S/C17H26N4O.HI/c1-5-6-7-12-19-17(18-2)20-13-14-8-10-15(11-9-14)16(22)21(3)4;/h5-6,8-11H,7,12-13H2,1-4H3,(H2,18,19,20);1H. The largest absolute Gasteiger partial charge is 0.356 e. The van der Waals surface area contributed by atoms with Crippen molar-refractivity contribution in [2.75, 3.05) is 27.7 Å². The molecule has 1 amide bonds. The molecule has 0 aliphatic rings. The summed E-state index contributed by atoms with van der Waals surface area (Å²) in [4.78, 5) is 17.6. The SMILES string of the molecule is CC=CCCNC(=NC)NCc1ccc(C(=O)N(C)C)cc1.I. The Morgan fingerprint density at radius 2 is 1.87 bits per heavy atom. The number of benzene rings is 1. The lowest BCUT2D eigenvalue weighted by molar-refractivity contribution is 0.0827. The van der Waals surface area contributed by atoms with E-state index in [0.717, 1.165) is 24.5 Å². The molecule has 0 bridgehead atoms. The number of hydrogen-bond donors (Lipinski definition) is 2. The van der Waals surface area contributed by atoms with Crippen LogP contribution in [0.3, 0.4) is 0 Å². The Hall–Kier alpha value is -1.57. The number of aliphatic imine (C=N–C) groups is 1. The highest BCUT2D eigenvalue weighted by Gasteiger charge is 2.07. The topological polar surface area (TPSA) is 56.7 Å². The van der Waals surface area contributed by atoms with Crippen LogP contribution in [0.15, 0.2) is 41.4 Å². The third kappa shape index (κ3) is 8.01. The van der Waals surface area contributed by atoms with Crippen molar-refractivity contribution in [2.45, 2.75) is 19.9 Å². The molecule has 1 aromatic carbocycles. The smallest absolute Gasteiger partial charge is 0.253 e. The molecule has 0 aliphatic carbocycles. The van der Waals surface area contributed by atoms with Gasteiger partial charge in [0.15, 0.2) is 5.96 Å². The van der Waals surface area contributed by atoms with Gasteiger partial charge in [0.1, 0.15) is 0 Å². The molecule has 5 nitrogen and oxygen atoms in total. The van der Waals surface area contributed by atoms with Crippen LogP contribution in [0, 0.1) is 0 Å². The van der Waals surface area contributed by atoms with Gasteiger partial charge in [0.2, 0.25) is 0 Å². The summed E-state index contributed by atoms with van der Waals surface area (Å²) in [6.45, 7) is 3.53. The number of guanidine groups is 1. The average molecular weight is 430 g/mol. The zero-order valence-electron chi connectivity index (χ0n) is 14.3. The molecule has 23 heavy (non-hydrogen) atoms. The normalized spacial score (nSPS) is 11.0. The highest BCUT2D eigenvalue weighted by molar-refractivity contribution is 14.0. The molecule has 6 heteroatoms. The Balaban J connectivity index is 0.00000484. The molecule has 0 radical (unpaired) electrons. The van der Waals surface area contributed by atoms with Crippen molar-refractivity contribution in [1.82, 2.24) is 15.5 Å². The van der Waals surface area contributed by atoms with Crippen LogP contribution in [0.5, 0.6) is 0 Å². The first kappa shape index (κ1) is 21.4. The Bertz CT molecular complexity index is 524. The van der Waals surface area contributed by atoms with Gasteiger partial charge in [-0.05, 0) is 31.0 Å². The van der Waals surface area contributed by atoms with Gasteiger partial charge in [-0.2, -0.15) is 0 Å². The molecule has 1 aromatic rings. The monoisotopic (exact) mass is 430 g/mol. The van der Waals surface area contributed by atoms with Crippen LogP contribution in [0.2, 0.25) is 0 Å². The van der Waals surface area contributed by atoms with E-state index in [0.29, 0.717) is 12.1 Å². The van der Waals surface area contributed by atoms with Crippen LogP contribution in [-0.2, 0) is 6.54 Å². The maximum Gasteiger partial charge on any atom is 0.253 e. The fourth-order valence-electron chi connectivity index (χ4n) is 1.87. The summed E-state index contributed by atoms with van der Waals surface area (Å²) in [6.07, 6.45) is 5.12. The number of nitrogens with one attached hydrogen (secondary N) is 2. The second-order valence-electron chi connectivity index (χ2n) is 5.11. The minimum absolute atomic E-state index is 0. The molecule has 0 saturated carbocycles. The van der Waals surface area contributed by atoms with Gasteiger partial charge in [0.25, 0.3) is 5.91 Å². The van der Waals surface area contributed by atoms with E-state index in [2.05, 4.69) is 21.7 Å². The van der Waals surface area contributed by atoms with Crippen LogP contribution >= 0.6 is 24.0 Å². The van der Waals surface area contributed by atoms with Crippen LogP contribution < -0.4 is 10.6 Å². The summed E-state index contributed by atoms with van der Waals surface area (Å²) in [5, 5.41) is 6.50. The van der Waals surface area contributed by atoms with Crippen LogP contribution in [0.1, 0.15) is 29.3 Å². The van der Waals surface area contributed by atoms with Gasteiger partial charge < -0.3 is 15.5 Å². The van der Waals surface area contributed by atoms with Gasteiger partial charge in [0, 0.05) is 39.8 Å². The first-order valence-corrected chi connectivity index (χ1v) is 7.44. The average Bonchev–Trinajstić information content (AvgIpc) is 2.54. The predicted octanol–water partition coefficient (Wildman–Crippen LogP) is 2.64. The van der Waals surface area contributed by atoms with Crippen molar-refractivity contribution in [3.8, 4) is 0 Å². The molecule has 0 fully saturated rings. The van der Waals surface area contributed by atoms with Gasteiger partial charge >= 0.3 is 0 Å². The van der Waals surface area contributed by atoms with E-state index in [1.54, 1.807) is 26.0 Å². The zero-order chi connectivity index (χ0) is 16.4. The quantitative estimate of drug-likeness (QED) is 0.240. The molecule has 128 valence electrons. The summed E-state index contributed by atoms with van der Waals surface area (Å²) in [7, 11) is 5.26. The van der Waals surface area contributed by atoms with Crippen molar-refractivity contribution in [1.29, 1.82) is 0 Å². The molecule has 0 aliphatic heterocycles. The van der Waals surface area contributed by atoms with Crippen molar-refractivity contribution in [3.63, 3.8) is 0 Å². The first-order chi connectivity index (χ1) is 10.6. The molecule has 0 spiro atoms. The second kappa shape index (κ2) is 11.9. The Morgan fingerprint density at radius 3 is 2.39 bits per heavy atom. The lowest BCUT2D eigenvalue weighted by Crippen LogP contribution is -2.37. The van der Waals surface area contributed by atoms with Crippen LogP contribution in [0.25, 0.3) is 0 Å². The molecule has 0 heterocycles. The van der Waals surface area contributed by atoms with E-state index in [1.165, 1.54) is 0 Å². The zero-order valence-corrected chi connectivity index (χ0v) is 16.6. The predicted molar refractivity (Wildman–Crippen MR) is 108 cm³/mol. The Kier molecular flexibility index (Phi) is 11.1. The molecule has 0 unspecified atom stereocenters. The fourth-order valence-corrected chi connectivity index (χ4v) is 1.87. The number of halogens is 1. The lowest BCUT2D eigenvalue weighted by atomic mass is 10.1. The van der Waals surface area contributed by atoms with Gasteiger partial charge in [-0.15, -0.1) is 24.0 Å². The van der Waals surface area contributed by atoms with Gasteiger partial charge in [-0.1, -0.05) is 24.3 Å². The summed E-state index contributed by atoms with van der Waals surface area (Å²) in [5.74, 6) is 0.791. The van der Waals surface area contributed by atoms with Crippen LogP contribution in [0.4, 0.5) is 0 Å². The van der Waals surface area contributed by atoms with Gasteiger partial charge in [-0.3, -0.25) is 9.79 Å². The second-order valence-corrected chi connectivity index (χ2v) is 5.11. The molecule has 0 atom stereocenters. The Morgan fingerprint density at radius 1 is 1.22 bits per heavy atom. The van der Waals surface area contributed by atoms with Crippen molar-refractivity contribution < 1.29 is 4.79 Å². The van der Waals surface area contributed by atoms with E-state index < -0.39 is 0 Å². The summed E-state index contributed by atoms with van der Waals surface area (Å²) < 4.78 is 0. The van der Waals surface area contributed by atoms with E-state index in [9.17, 15) is 4.79 Å². The van der Waals surface area contributed by atoms with Crippen molar-refractivity contribution in [2.24, 2.45) is 4.99 Å². The summed E-state index contributed by atoms with van der Waals surface area (Å²) in [5.41, 5.74) is 1.80. The maximum absolute atomic E-state index is 11.8. The highest BCUT2D eigenvalue weighted by atomic mass is 127. The van der Waals surface area contributed by atoms with E-state index >= 15 is 0 Å². The van der Waals surface area contributed by atoms with Crippen molar-refractivity contribution >= 4 is 35.8 Å². The Labute approximate surface area is 156 Å².